The van der Waals surface area contributed by atoms with Crippen LogP contribution in [0.25, 0.3) is 10.2 Å². The molecule has 0 atom stereocenters. The summed E-state index contributed by atoms with van der Waals surface area (Å²) in [4.78, 5) is 29.6. The molecule has 2 heterocycles. The standard InChI is InChI=1S/C25H19ClN6O2S3/c26-18-8-6-17(7-9-18)21(33)14-36-25-28-20-11-10-19(12-22(20)37-25)27-23(34)15-35-24-29-30-31-32(24)13-16-4-2-1-3-5-16/h1-12H,13-15H2,(H,27,34). The number of thiazole rings is 1. The van der Waals surface area contributed by atoms with Gasteiger partial charge < -0.3 is 5.32 Å². The number of halogens is 1. The molecule has 0 spiro atoms. The molecule has 0 radical (unpaired) electrons. The molecule has 0 unspecified atom stereocenters. The largest absolute Gasteiger partial charge is 0.325 e. The number of fused-ring (bicyclic) bond motifs is 1. The average Bonchev–Trinajstić information content (AvgIpc) is 3.53. The lowest BCUT2D eigenvalue weighted by atomic mass is 10.1. The molecule has 1 N–H and O–H groups in total. The summed E-state index contributed by atoms with van der Waals surface area (Å²) in [5.41, 5.74) is 3.19. The fraction of sp³-hybridized carbons (Fsp3) is 0.120. The third-order valence-electron chi connectivity index (χ3n) is 5.15. The van der Waals surface area contributed by atoms with Gasteiger partial charge in [0.25, 0.3) is 0 Å². The number of Topliss-reactive ketones (excluding diaryl/α,β-unsaturated/α-hetero) is 1. The van der Waals surface area contributed by atoms with Gasteiger partial charge in [0, 0.05) is 16.3 Å². The van der Waals surface area contributed by atoms with Crippen molar-refractivity contribution >= 4 is 74.1 Å². The molecule has 1 amide bonds. The van der Waals surface area contributed by atoms with Crippen molar-refractivity contribution in [2.45, 2.75) is 16.0 Å². The zero-order valence-electron chi connectivity index (χ0n) is 19.2. The van der Waals surface area contributed by atoms with E-state index in [-0.39, 0.29) is 23.2 Å². The molecule has 0 saturated heterocycles. The SMILES string of the molecule is O=C(CSc1nnnn1Cc1ccccc1)Nc1ccc2nc(SCC(=O)c3ccc(Cl)cc3)sc2c1. The number of benzene rings is 3. The highest BCUT2D eigenvalue weighted by Gasteiger charge is 2.13. The van der Waals surface area contributed by atoms with Gasteiger partial charge in [0.2, 0.25) is 11.1 Å². The Labute approximate surface area is 229 Å². The van der Waals surface area contributed by atoms with Gasteiger partial charge in [-0.3, -0.25) is 9.59 Å². The van der Waals surface area contributed by atoms with Crippen LogP contribution in [0.1, 0.15) is 15.9 Å². The first-order valence-corrected chi connectivity index (χ1v) is 14.2. The smallest absolute Gasteiger partial charge is 0.234 e. The van der Waals surface area contributed by atoms with Crippen molar-refractivity contribution < 1.29 is 9.59 Å². The molecule has 186 valence electrons. The van der Waals surface area contributed by atoms with Gasteiger partial charge in [0.15, 0.2) is 10.1 Å². The Balaban J connectivity index is 1.15. The summed E-state index contributed by atoms with van der Waals surface area (Å²) in [6.07, 6.45) is 0. The topological polar surface area (TPSA) is 103 Å². The molecule has 2 aromatic heterocycles. The first-order valence-electron chi connectivity index (χ1n) is 11.1. The molecule has 5 rings (SSSR count). The van der Waals surface area contributed by atoms with Crippen LogP contribution >= 0.6 is 46.5 Å². The number of tetrazole rings is 1. The van der Waals surface area contributed by atoms with Crippen LogP contribution in [0.5, 0.6) is 0 Å². The quantitative estimate of drug-likeness (QED) is 0.170. The molecule has 8 nitrogen and oxygen atoms in total. The second-order valence-corrected chi connectivity index (χ2v) is 11.5. The molecule has 37 heavy (non-hydrogen) atoms. The lowest BCUT2D eigenvalue weighted by molar-refractivity contribution is -0.113. The van der Waals surface area contributed by atoms with E-state index in [4.69, 9.17) is 11.6 Å². The van der Waals surface area contributed by atoms with Crippen molar-refractivity contribution in [3.05, 3.63) is 88.9 Å². The van der Waals surface area contributed by atoms with Crippen LogP contribution < -0.4 is 5.32 Å². The van der Waals surface area contributed by atoms with Crippen LogP contribution in [-0.2, 0) is 11.3 Å². The lowest BCUT2D eigenvalue weighted by Crippen LogP contribution is -2.14. The summed E-state index contributed by atoms with van der Waals surface area (Å²) in [5, 5.41) is 15.9. The van der Waals surface area contributed by atoms with Crippen molar-refractivity contribution in [2.24, 2.45) is 0 Å². The molecule has 0 saturated carbocycles. The number of ketones is 1. The van der Waals surface area contributed by atoms with Gasteiger partial charge in [-0.2, -0.15) is 0 Å². The third-order valence-corrected chi connectivity index (χ3v) is 8.52. The Morgan fingerprint density at radius 2 is 1.78 bits per heavy atom. The molecule has 3 aromatic carbocycles. The first-order chi connectivity index (χ1) is 18.0. The summed E-state index contributed by atoms with van der Waals surface area (Å²) in [6.45, 7) is 0.533. The molecule has 0 aliphatic heterocycles. The van der Waals surface area contributed by atoms with Crippen molar-refractivity contribution in [3.63, 3.8) is 0 Å². The predicted octanol–water partition coefficient (Wildman–Crippen LogP) is 5.69. The fourth-order valence-corrected chi connectivity index (χ4v) is 6.18. The van der Waals surface area contributed by atoms with E-state index in [0.717, 1.165) is 20.1 Å². The van der Waals surface area contributed by atoms with Crippen molar-refractivity contribution in [1.82, 2.24) is 25.2 Å². The molecule has 0 bridgehead atoms. The van der Waals surface area contributed by atoms with Crippen LogP contribution in [0.15, 0.2) is 82.3 Å². The average molecular weight is 567 g/mol. The van der Waals surface area contributed by atoms with E-state index < -0.39 is 0 Å². The normalized spacial score (nSPS) is 11.1. The number of carbonyl (C=O) groups is 2. The number of aromatic nitrogens is 5. The van der Waals surface area contributed by atoms with Crippen LogP contribution in [0.3, 0.4) is 0 Å². The molecular weight excluding hydrogens is 548 g/mol. The van der Waals surface area contributed by atoms with E-state index in [1.807, 2.05) is 48.5 Å². The van der Waals surface area contributed by atoms with Crippen molar-refractivity contribution in [1.29, 1.82) is 0 Å². The van der Waals surface area contributed by atoms with Gasteiger partial charge in [-0.15, -0.1) is 16.4 Å². The van der Waals surface area contributed by atoms with Gasteiger partial charge in [0.1, 0.15) is 0 Å². The van der Waals surface area contributed by atoms with E-state index in [9.17, 15) is 9.59 Å². The Kier molecular flexibility index (Phi) is 8.15. The maximum absolute atomic E-state index is 12.6. The van der Waals surface area contributed by atoms with E-state index in [1.54, 1.807) is 28.9 Å². The number of hydrogen-bond donors (Lipinski definition) is 1. The summed E-state index contributed by atoms with van der Waals surface area (Å²) >= 11 is 10.0. The summed E-state index contributed by atoms with van der Waals surface area (Å²) in [6, 6.07) is 22.3. The van der Waals surface area contributed by atoms with Crippen LogP contribution in [0.2, 0.25) is 5.02 Å². The maximum Gasteiger partial charge on any atom is 0.234 e. The number of amides is 1. The second kappa shape index (κ2) is 11.9. The van der Waals surface area contributed by atoms with Crippen LogP contribution in [-0.4, -0.2) is 48.4 Å². The monoisotopic (exact) mass is 566 g/mol. The summed E-state index contributed by atoms with van der Waals surface area (Å²) < 4.78 is 3.40. The van der Waals surface area contributed by atoms with Gasteiger partial charge in [-0.1, -0.05) is 65.5 Å². The van der Waals surface area contributed by atoms with Crippen molar-refractivity contribution in [3.8, 4) is 0 Å². The molecule has 12 heteroatoms. The molecule has 0 aliphatic carbocycles. The molecular formula is C25H19ClN6O2S3. The zero-order chi connectivity index (χ0) is 25.6. The molecule has 5 aromatic rings. The number of nitrogens with zero attached hydrogens (tertiary/aromatic N) is 5. The fourth-order valence-electron chi connectivity index (χ4n) is 3.37. The number of hydrogen-bond acceptors (Lipinski definition) is 9. The highest BCUT2D eigenvalue weighted by Crippen LogP contribution is 2.32. The zero-order valence-corrected chi connectivity index (χ0v) is 22.4. The van der Waals surface area contributed by atoms with E-state index in [0.29, 0.717) is 28.0 Å². The highest BCUT2D eigenvalue weighted by atomic mass is 35.5. The van der Waals surface area contributed by atoms with Crippen LogP contribution in [0.4, 0.5) is 5.69 Å². The van der Waals surface area contributed by atoms with Gasteiger partial charge in [-0.25, -0.2) is 9.67 Å². The first kappa shape index (κ1) is 25.4. The number of carbonyl (C=O) groups excluding carboxylic acids is 2. The maximum atomic E-state index is 12.6. The van der Waals surface area contributed by atoms with E-state index in [2.05, 4.69) is 25.8 Å². The Morgan fingerprint density at radius 1 is 0.973 bits per heavy atom. The second-order valence-electron chi connectivity index (χ2n) is 7.82. The minimum atomic E-state index is -0.161. The minimum absolute atomic E-state index is 0.0150. The van der Waals surface area contributed by atoms with Crippen LogP contribution in [0, 0.1) is 0 Å². The summed E-state index contributed by atoms with van der Waals surface area (Å²) in [5.74, 6) is 0.308. The van der Waals surface area contributed by atoms with E-state index in [1.165, 1.54) is 34.9 Å². The Bertz CT molecular complexity index is 1540. The predicted molar refractivity (Wildman–Crippen MR) is 149 cm³/mol. The van der Waals surface area contributed by atoms with Gasteiger partial charge in [-0.05, 0) is 58.5 Å². The molecule has 0 aliphatic rings. The Morgan fingerprint density at radius 3 is 2.59 bits per heavy atom. The third kappa shape index (κ3) is 6.75. The number of nitrogens with one attached hydrogen (secondary N) is 1. The summed E-state index contributed by atoms with van der Waals surface area (Å²) in [7, 11) is 0. The Hall–Kier alpha value is -3.25. The highest BCUT2D eigenvalue weighted by molar-refractivity contribution is 8.01. The van der Waals surface area contributed by atoms with Gasteiger partial charge >= 0.3 is 0 Å². The van der Waals surface area contributed by atoms with E-state index >= 15 is 0 Å². The minimum Gasteiger partial charge on any atom is -0.325 e. The van der Waals surface area contributed by atoms with Gasteiger partial charge in [0.05, 0.1) is 28.3 Å². The molecule has 0 fully saturated rings. The number of rotatable bonds is 10. The van der Waals surface area contributed by atoms with Crippen molar-refractivity contribution in [2.75, 3.05) is 16.8 Å². The lowest BCUT2D eigenvalue weighted by Gasteiger charge is -2.06. The number of anilines is 1. The number of thioether (sulfide) groups is 2.